The summed E-state index contributed by atoms with van der Waals surface area (Å²) >= 11 is 0. The fourth-order valence-electron chi connectivity index (χ4n) is 3.74. The molecule has 1 aromatic carbocycles. The summed E-state index contributed by atoms with van der Waals surface area (Å²) in [5.41, 5.74) is 3.69. The van der Waals surface area contributed by atoms with Crippen LogP contribution in [-0.2, 0) is 10.0 Å². The number of aromatic nitrogens is 1. The van der Waals surface area contributed by atoms with E-state index in [1.807, 2.05) is 33.8 Å². The molecule has 3 rings (SSSR count). The molecule has 6 nitrogen and oxygen atoms in total. The number of anilines is 1. The lowest BCUT2D eigenvalue weighted by Crippen LogP contribution is -2.41. The van der Waals surface area contributed by atoms with Crippen LogP contribution in [0.15, 0.2) is 35.2 Å². The number of piperidine rings is 1. The highest BCUT2D eigenvalue weighted by molar-refractivity contribution is 7.89. The van der Waals surface area contributed by atoms with E-state index >= 15 is 0 Å². The Morgan fingerprint density at radius 1 is 1.14 bits per heavy atom. The van der Waals surface area contributed by atoms with Crippen molar-refractivity contribution in [1.82, 2.24) is 9.29 Å². The minimum Gasteiger partial charge on any atom is -0.320 e. The first-order valence-corrected chi connectivity index (χ1v) is 11.0. The molecule has 0 radical (unpaired) electrons. The summed E-state index contributed by atoms with van der Waals surface area (Å²) in [6.45, 7) is 8.18. The lowest BCUT2D eigenvalue weighted by Gasteiger charge is -2.32. The first kappa shape index (κ1) is 20.5. The molecule has 0 aliphatic carbocycles. The van der Waals surface area contributed by atoms with Crippen LogP contribution in [0, 0.1) is 20.8 Å². The van der Waals surface area contributed by atoms with E-state index < -0.39 is 10.0 Å². The number of carbonyl (C=O) groups is 1. The van der Waals surface area contributed by atoms with Crippen molar-refractivity contribution < 1.29 is 13.2 Å². The molecule has 1 atom stereocenters. The molecule has 0 spiro atoms. The van der Waals surface area contributed by atoms with E-state index in [1.165, 1.54) is 12.1 Å². The largest absolute Gasteiger partial charge is 0.320 e. The van der Waals surface area contributed by atoms with Crippen LogP contribution in [0.3, 0.4) is 0 Å². The number of pyridine rings is 1. The Bertz CT molecular complexity index is 961. The summed E-state index contributed by atoms with van der Waals surface area (Å²) in [6.07, 6.45) is 2.81. The van der Waals surface area contributed by atoms with Crippen molar-refractivity contribution in [1.29, 1.82) is 0 Å². The van der Waals surface area contributed by atoms with Gasteiger partial charge in [-0.25, -0.2) is 8.42 Å². The maximum absolute atomic E-state index is 12.9. The topological polar surface area (TPSA) is 79.4 Å². The van der Waals surface area contributed by atoms with E-state index in [4.69, 9.17) is 0 Å². The lowest BCUT2D eigenvalue weighted by atomic mass is 10.1. The molecule has 1 unspecified atom stereocenters. The van der Waals surface area contributed by atoms with E-state index in [0.717, 1.165) is 36.2 Å². The number of amides is 1. The van der Waals surface area contributed by atoms with Gasteiger partial charge in [0.2, 0.25) is 10.0 Å². The number of hydrogen-bond donors (Lipinski definition) is 1. The van der Waals surface area contributed by atoms with Crippen molar-refractivity contribution in [2.75, 3.05) is 11.9 Å². The van der Waals surface area contributed by atoms with Gasteiger partial charge in [-0.15, -0.1) is 0 Å². The summed E-state index contributed by atoms with van der Waals surface area (Å²) in [5.74, 6) is -0.285. The van der Waals surface area contributed by atoms with E-state index in [-0.39, 0.29) is 16.8 Å². The fourth-order valence-corrected chi connectivity index (χ4v) is 5.44. The highest BCUT2D eigenvalue weighted by Gasteiger charge is 2.30. The third-order valence-electron chi connectivity index (χ3n) is 5.23. The van der Waals surface area contributed by atoms with E-state index in [0.29, 0.717) is 17.8 Å². The molecule has 7 heteroatoms. The number of sulfonamides is 1. The Kier molecular flexibility index (Phi) is 5.86. The van der Waals surface area contributed by atoms with Gasteiger partial charge >= 0.3 is 0 Å². The first-order chi connectivity index (χ1) is 13.2. The van der Waals surface area contributed by atoms with Gasteiger partial charge in [-0.2, -0.15) is 4.31 Å². The molecule has 1 N–H and O–H groups in total. The van der Waals surface area contributed by atoms with Crippen LogP contribution in [0.25, 0.3) is 0 Å². The highest BCUT2D eigenvalue weighted by atomic mass is 32.2. The molecule has 1 saturated heterocycles. The zero-order valence-electron chi connectivity index (χ0n) is 16.8. The average Bonchev–Trinajstić information content (AvgIpc) is 2.64. The third kappa shape index (κ3) is 4.10. The van der Waals surface area contributed by atoms with Gasteiger partial charge in [0.25, 0.3) is 5.91 Å². The highest BCUT2D eigenvalue weighted by Crippen LogP contribution is 2.26. The average molecular weight is 402 g/mol. The molecule has 1 aliphatic rings. The molecule has 2 aromatic rings. The molecule has 1 fully saturated rings. The van der Waals surface area contributed by atoms with Crippen molar-refractivity contribution >= 4 is 21.6 Å². The standard InChI is InChI=1S/C21H27N3O3S/c1-14-13-15(2)22-17(4)20(14)23-21(25)18-8-10-19(11-9-18)28(26,27)24-12-6-5-7-16(24)3/h8-11,13,16H,5-7,12H2,1-4H3,(H,23,25). The number of aryl methyl sites for hydroxylation is 3. The van der Waals surface area contributed by atoms with E-state index in [9.17, 15) is 13.2 Å². The van der Waals surface area contributed by atoms with Gasteiger partial charge < -0.3 is 5.32 Å². The van der Waals surface area contributed by atoms with Crippen molar-refractivity contribution in [3.05, 3.63) is 52.8 Å². The molecule has 28 heavy (non-hydrogen) atoms. The first-order valence-electron chi connectivity index (χ1n) is 9.58. The number of rotatable bonds is 4. The predicted octanol–water partition coefficient (Wildman–Crippen LogP) is 3.82. The third-order valence-corrected chi connectivity index (χ3v) is 7.26. The van der Waals surface area contributed by atoms with Crippen LogP contribution in [0.2, 0.25) is 0 Å². The summed E-state index contributed by atoms with van der Waals surface area (Å²) < 4.78 is 27.4. The molecule has 150 valence electrons. The van der Waals surface area contributed by atoms with Gasteiger partial charge in [0, 0.05) is 23.8 Å². The molecular formula is C21H27N3O3S. The second kappa shape index (κ2) is 8.01. The Balaban J connectivity index is 1.80. The molecule has 1 aromatic heterocycles. The van der Waals surface area contributed by atoms with Gasteiger partial charge in [0.1, 0.15) is 0 Å². The van der Waals surface area contributed by atoms with E-state index in [1.54, 1.807) is 16.4 Å². The van der Waals surface area contributed by atoms with Gasteiger partial charge in [0.15, 0.2) is 0 Å². The van der Waals surface area contributed by atoms with Crippen LogP contribution in [-0.4, -0.2) is 36.2 Å². The zero-order valence-corrected chi connectivity index (χ0v) is 17.6. The number of carbonyl (C=O) groups excluding carboxylic acids is 1. The Morgan fingerprint density at radius 2 is 1.82 bits per heavy atom. The number of benzene rings is 1. The Labute approximate surface area is 167 Å². The number of nitrogens with one attached hydrogen (secondary N) is 1. The van der Waals surface area contributed by atoms with Crippen LogP contribution in [0.5, 0.6) is 0 Å². The van der Waals surface area contributed by atoms with Crippen molar-refractivity contribution in [3.63, 3.8) is 0 Å². The minimum atomic E-state index is -3.54. The molecule has 0 bridgehead atoms. The quantitative estimate of drug-likeness (QED) is 0.845. The van der Waals surface area contributed by atoms with Crippen LogP contribution < -0.4 is 5.32 Å². The molecule has 2 heterocycles. The summed E-state index contributed by atoms with van der Waals surface area (Å²) in [6, 6.07) is 8.06. The minimum absolute atomic E-state index is 0.00159. The number of hydrogen-bond acceptors (Lipinski definition) is 4. The van der Waals surface area contributed by atoms with E-state index in [2.05, 4.69) is 10.3 Å². The van der Waals surface area contributed by atoms with Gasteiger partial charge in [0.05, 0.1) is 16.3 Å². The monoisotopic (exact) mass is 401 g/mol. The zero-order chi connectivity index (χ0) is 20.5. The smallest absolute Gasteiger partial charge is 0.255 e. The van der Waals surface area contributed by atoms with Crippen LogP contribution in [0.4, 0.5) is 5.69 Å². The molecule has 0 saturated carbocycles. The second-order valence-electron chi connectivity index (χ2n) is 7.48. The Hall–Kier alpha value is -2.25. The van der Waals surface area contributed by atoms with Gasteiger partial charge in [-0.3, -0.25) is 9.78 Å². The van der Waals surface area contributed by atoms with Crippen LogP contribution >= 0.6 is 0 Å². The molecular weight excluding hydrogens is 374 g/mol. The SMILES string of the molecule is Cc1cc(C)c(NC(=O)c2ccc(S(=O)(=O)N3CCCCC3C)cc2)c(C)n1. The van der Waals surface area contributed by atoms with Gasteiger partial charge in [-0.05, 0) is 76.4 Å². The predicted molar refractivity (Wildman–Crippen MR) is 110 cm³/mol. The summed E-state index contributed by atoms with van der Waals surface area (Å²) in [5, 5.41) is 2.89. The second-order valence-corrected chi connectivity index (χ2v) is 9.37. The number of nitrogens with zero attached hydrogens (tertiary/aromatic N) is 2. The molecule has 1 amide bonds. The molecule has 1 aliphatic heterocycles. The maximum atomic E-state index is 12.9. The van der Waals surface area contributed by atoms with Crippen molar-refractivity contribution in [2.45, 2.75) is 57.9 Å². The van der Waals surface area contributed by atoms with Crippen LogP contribution in [0.1, 0.15) is 53.5 Å². The Morgan fingerprint density at radius 3 is 2.43 bits per heavy atom. The normalized spacial score (nSPS) is 18.1. The fraction of sp³-hybridized carbons (Fsp3) is 0.429. The van der Waals surface area contributed by atoms with Gasteiger partial charge in [-0.1, -0.05) is 6.42 Å². The summed E-state index contributed by atoms with van der Waals surface area (Å²) in [7, 11) is -3.54. The maximum Gasteiger partial charge on any atom is 0.255 e. The lowest BCUT2D eigenvalue weighted by molar-refractivity contribution is 0.102. The van der Waals surface area contributed by atoms with Crippen molar-refractivity contribution in [3.8, 4) is 0 Å². The van der Waals surface area contributed by atoms with Crippen molar-refractivity contribution in [2.24, 2.45) is 0 Å². The summed E-state index contributed by atoms with van der Waals surface area (Å²) in [4.78, 5) is 17.2.